The van der Waals surface area contributed by atoms with Crippen molar-refractivity contribution in [3.05, 3.63) is 29.2 Å². The van der Waals surface area contributed by atoms with E-state index < -0.39 is 0 Å². The first-order chi connectivity index (χ1) is 9.09. The molecule has 7 heteroatoms. The third-order valence-electron chi connectivity index (χ3n) is 2.49. The molecule has 0 saturated carbocycles. The van der Waals surface area contributed by atoms with Crippen LogP contribution < -0.4 is 5.32 Å². The first-order valence-electron chi connectivity index (χ1n) is 5.91. The Bertz CT molecular complexity index is 595. The summed E-state index contributed by atoms with van der Waals surface area (Å²) in [6.07, 6.45) is 1.45. The standard InChI is InChI=1S/C12H16ClN5O/c1-8(2)6-19-5-4-14-11-9(3)10(13)17-12-15-7-16-18(11)12/h7,14H,1,4-6H2,2-3H3. The molecule has 19 heavy (non-hydrogen) atoms. The molecule has 0 radical (unpaired) electrons. The van der Waals surface area contributed by atoms with Gasteiger partial charge in [0.25, 0.3) is 5.78 Å². The molecule has 2 rings (SSSR count). The molecule has 0 bridgehead atoms. The molecule has 0 spiro atoms. The van der Waals surface area contributed by atoms with E-state index in [-0.39, 0.29) is 0 Å². The molecule has 2 aromatic rings. The SMILES string of the molecule is C=C(C)COCCNc1c(C)c(Cl)nc2ncnn12. The van der Waals surface area contributed by atoms with Crippen molar-refractivity contribution in [3.8, 4) is 0 Å². The van der Waals surface area contributed by atoms with Gasteiger partial charge in [-0.15, -0.1) is 0 Å². The second kappa shape index (κ2) is 5.99. The zero-order valence-corrected chi connectivity index (χ0v) is 11.7. The molecule has 0 fully saturated rings. The lowest BCUT2D eigenvalue weighted by atomic mass is 10.3. The molecule has 102 valence electrons. The van der Waals surface area contributed by atoms with E-state index in [0.717, 1.165) is 17.0 Å². The Kier molecular flexibility index (Phi) is 4.34. The highest BCUT2D eigenvalue weighted by atomic mass is 35.5. The van der Waals surface area contributed by atoms with Crippen LogP contribution >= 0.6 is 11.6 Å². The second-order valence-electron chi connectivity index (χ2n) is 4.28. The number of anilines is 1. The summed E-state index contributed by atoms with van der Waals surface area (Å²) in [4.78, 5) is 8.16. The Morgan fingerprint density at radius 3 is 3.11 bits per heavy atom. The monoisotopic (exact) mass is 281 g/mol. The molecule has 0 aliphatic carbocycles. The predicted octanol–water partition coefficient (Wildman–Crippen LogP) is 2.09. The average Bonchev–Trinajstić information content (AvgIpc) is 2.80. The van der Waals surface area contributed by atoms with Crippen LogP contribution in [0.15, 0.2) is 18.5 Å². The summed E-state index contributed by atoms with van der Waals surface area (Å²) >= 11 is 6.06. The van der Waals surface area contributed by atoms with Gasteiger partial charge in [0.1, 0.15) is 17.3 Å². The highest BCUT2D eigenvalue weighted by Gasteiger charge is 2.11. The number of hydrogen-bond donors (Lipinski definition) is 1. The molecule has 0 atom stereocenters. The largest absolute Gasteiger partial charge is 0.375 e. The molecule has 0 aliphatic heterocycles. The Morgan fingerprint density at radius 2 is 2.37 bits per heavy atom. The van der Waals surface area contributed by atoms with Crippen LogP contribution in [-0.2, 0) is 4.74 Å². The van der Waals surface area contributed by atoms with Crippen LogP contribution in [0.25, 0.3) is 5.78 Å². The van der Waals surface area contributed by atoms with Gasteiger partial charge in [-0.25, -0.2) is 0 Å². The van der Waals surface area contributed by atoms with Gasteiger partial charge >= 0.3 is 0 Å². The van der Waals surface area contributed by atoms with Crippen LogP contribution in [0.2, 0.25) is 5.15 Å². The summed E-state index contributed by atoms with van der Waals surface area (Å²) < 4.78 is 7.05. The van der Waals surface area contributed by atoms with Crippen molar-refractivity contribution in [2.75, 3.05) is 25.1 Å². The zero-order chi connectivity index (χ0) is 13.8. The van der Waals surface area contributed by atoms with Crippen LogP contribution in [0.1, 0.15) is 12.5 Å². The van der Waals surface area contributed by atoms with Gasteiger partial charge in [0.05, 0.1) is 13.2 Å². The predicted molar refractivity (Wildman–Crippen MR) is 74.7 cm³/mol. The number of fused-ring (bicyclic) bond motifs is 1. The Balaban J connectivity index is 2.05. The molecule has 0 aliphatic rings. The van der Waals surface area contributed by atoms with Crippen LogP contribution in [0.3, 0.4) is 0 Å². The summed E-state index contributed by atoms with van der Waals surface area (Å²) in [5.74, 6) is 1.26. The molecule has 1 N–H and O–H groups in total. The third-order valence-corrected chi connectivity index (χ3v) is 2.86. The minimum Gasteiger partial charge on any atom is -0.375 e. The van der Waals surface area contributed by atoms with Gasteiger partial charge in [0, 0.05) is 12.1 Å². The summed E-state index contributed by atoms with van der Waals surface area (Å²) in [7, 11) is 0. The summed E-state index contributed by atoms with van der Waals surface area (Å²) in [6.45, 7) is 9.37. The van der Waals surface area contributed by atoms with Crippen molar-refractivity contribution < 1.29 is 4.74 Å². The van der Waals surface area contributed by atoms with E-state index in [0.29, 0.717) is 30.7 Å². The van der Waals surface area contributed by atoms with Gasteiger partial charge in [-0.1, -0.05) is 23.8 Å². The molecular weight excluding hydrogens is 266 g/mol. The number of ether oxygens (including phenoxy) is 1. The molecule has 0 amide bonds. The Labute approximate surface area is 116 Å². The van der Waals surface area contributed by atoms with Crippen molar-refractivity contribution in [3.63, 3.8) is 0 Å². The normalized spacial score (nSPS) is 10.9. The van der Waals surface area contributed by atoms with Crippen LogP contribution in [-0.4, -0.2) is 39.3 Å². The number of nitrogens with one attached hydrogen (secondary N) is 1. The summed E-state index contributed by atoms with van der Waals surface area (Å²) in [5, 5.41) is 7.77. The van der Waals surface area contributed by atoms with Crippen molar-refractivity contribution in [2.24, 2.45) is 0 Å². The summed E-state index contributed by atoms with van der Waals surface area (Å²) in [6, 6.07) is 0. The first kappa shape index (κ1) is 13.8. The van der Waals surface area contributed by atoms with Crippen molar-refractivity contribution in [1.82, 2.24) is 19.6 Å². The van der Waals surface area contributed by atoms with Crippen molar-refractivity contribution in [2.45, 2.75) is 13.8 Å². The van der Waals surface area contributed by atoms with Gasteiger partial charge < -0.3 is 10.1 Å². The number of hydrogen-bond acceptors (Lipinski definition) is 5. The zero-order valence-electron chi connectivity index (χ0n) is 11.0. The van der Waals surface area contributed by atoms with E-state index >= 15 is 0 Å². The molecule has 2 aromatic heterocycles. The number of halogens is 1. The Morgan fingerprint density at radius 1 is 1.58 bits per heavy atom. The van der Waals surface area contributed by atoms with Crippen LogP contribution in [0.5, 0.6) is 0 Å². The highest BCUT2D eigenvalue weighted by molar-refractivity contribution is 6.30. The molecule has 6 nitrogen and oxygen atoms in total. The smallest absolute Gasteiger partial charge is 0.255 e. The van der Waals surface area contributed by atoms with Gasteiger partial charge in [-0.3, -0.25) is 0 Å². The summed E-state index contributed by atoms with van der Waals surface area (Å²) in [5.41, 5.74) is 1.83. The fourth-order valence-corrected chi connectivity index (χ4v) is 1.76. The third kappa shape index (κ3) is 3.21. The Hall–Kier alpha value is -1.66. The lowest BCUT2D eigenvalue weighted by Crippen LogP contribution is -2.14. The highest BCUT2D eigenvalue weighted by Crippen LogP contribution is 2.21. The molecule has 0 aromatic carbocycles. The first-order valence-corrected chi connectivity index (χ1v) is 6.29. The molecule has 0 unspecified atom stereocenters. The van der Waals surface area contributed by atoms with Gasteiger partial charge in [-0.05, 0) is 13.8 Å². The number of nitrogens with zero attached hydrogens (tertiary/aromatic N) is 4. The van der Waals surface area contributed by atoms with Crippen molar-refractivity contribution >= 4 is 23.2 Å². The van der Waals surface area contributed by atoms with E-state index in [4.69, 9.17) is 16.3 Å². The number of aromatic nitrogens is 4. The van der Waals surface area contributed by atoms with Crippen molar-refractivity contribution in [1.29, 1.82) is 0 Å². The van der Waals surface area contributed by atoms with Crippen LogP contribution in [0.4, 0.5) is 5.82 Å². The topological polar surface area (TPSA) is 64.3 Å². The maximum atomic E-state index is 6.06. The average molecular weight is 282 g/mol. The lowest BCUT2D eigenvalue weighted by molar-refractivity contribution is 0.167. The quantitative estimate of drug-likeness (QED) is 0.499. The fourth-order valence-electron chi connectivity index (χ4n) is 1.59. The number of rotatable bonds is 6. The second-order valence-corrected chi connectivity index (χ2v) is 4.64. The minimum atomic E-state index is 0.422. The fraction of sp³-hybridized carbons (Fsp3) is 0.417. The van der Waals surface area contributed by atoms with Gasteiger partial charge in [0.2, 0.25) is 0 Å². The maximum absolute atomic E-state index is 6.06. The van der Waals surface area contributed by atoms with Crippen LogP contribution in [0, 0.1) is 6.92 Å². The lowest BCUT2D eigenvalue weighted by Gasteiger charge is -2.11. The van der Waals surface area contributed by atoms with E-state index in [1.807, 2.05) is 13.8 Å². The molecule has 0 saturated heterocycles. The minimum absolute atomic E-state index is 0.422. The molecule has 2 heterocycles. The van der Waals surface area contributed by atoms with E-state index in [9.17, 15) is 0 Å². The van der Waals surface area contributed by atoms with E-state index in [1.54, 1.807) is 4.52 Å². The van der Waals surface area contributed by atoms with E-state index in [1.165, 1.54) is 6.33 Å². The van der Waals surface area contributed by atoms with E-state index in [2.05, 4.69) is 27.0 Å². The molecular formula is C12H16ClN5O. The maximum Gasteiger partial charge on any atom is 0.255 e. The van der Waals surface area contributed by atoms with Gasteiger partial charge in [0.15, 0.2) is 0 Å². The van der Waals surface area contributed by atoms with Gasteiger partial charge in [-0.2, -0.15) is 19.6 Å².